The van der Waals surface area contributed by atoms with Crippen LogP contribution < -0.4 is 0 Å². The smallest absolute Gasteiger partial charge is 0.228 e. The minimum Gasteiger partial charge on any atom is -0.376 e. The topological polar surface area (TPSA) is 49.9 Å². The summed E-state index contributed by atoms with van der Waals surface area (Å²) in [6.45, 7) is 6.08. The molecule has 0 radical (unpaired) electrons. The van der Waals surface area contributed by atoms with Crippen molar-refractivity contribution in [1.29, 1.82) is 0 Å². The first-order valence-electron chi connectivity index (χ1n) is 8.85. The van der Waals surface area contributed by atoms with Crippen molar-refractivity contribution < 1.29 is 14.3 Å². The molecule has 24 heavy (non-hydrogen) atoms. The molecule has 1 aromatic rings. The summed E-state index contributed by atoms with van der Waals surface area (Å²) in [7, 11) is 0. The zero-order valence-corrected chi connectivity index (χ0v) is 14.3. The maximum Gasteiger partial charge on any atom is 0.228 e. The number of ether oxygens (including phenoxy) is 1. The van der Waals surface area contributed by atoms with Crippen LogP contribution in [0.4, 0.5) is 0 Å². The molecule has 2 heterocycles. The molecule has 0 saturated carbocycles. The molecule has 2 atom stereocenters. The molecule has 2 amide bonds. The molecule has 0 aromatic heterocycles. The zero-order valence-electron chi connectivity index (χ0n) is 14.3. The summed E-state index contributed by atoms with van der Waals surface area (Å²) in [4.78, 5) is 28.1. The molecule has 1 aromatic carbocycles. The third-order valence-corrected chi connectivity index (χ3v) is 5.01. The van der Waals surface area contributed by atoms with Crippen molar-refractivity contribution in [2.75, 3.05) is 32.8 Å². The molecule has 2 aliphatic heterocycles. The van der Waals surface area contributed by atoms with E-state index in [-0.39, 0.29) is 17.7 Å². The van der Waals surface area contributed by atoms with Gasteiger partial charge in [-0.1, -0.05) is 30.3 Å². The lowest BCUT2D eigenvalue weighted by Gasteiger charge is -2.20. The number of benzene rings is 1. The van der Waals surface area contributed by atoms with Gasteiger partial charge in [-0.25, -0.2) is 0 Å². The fourth-order valence-corrected chi connectivity index (χ4v) is 3.59. The van der Waals surface area contributed by atoms with Crippen LogP contribution in [0.2, 0.25) is 0 Å². The van der Waals surface area contributed by atoms with Gasteiger partial charge < -0.3 is 14.5 Å². The highest BCUT2D eigenvalue weighted by Gasteiger charge is 2.37. The summed E-state index contributed by atoms with van der Waals surface area (Å²) in [5, 5.41) is 0. The minimum atomic E-state index is -0.151. The van der Waals surface area contributed by atoms with Crippen LogP contribution in [0.3, 0.4) is 0 Å². The van der Waals surface area contributed by atoms with E-state index >= 15 is 0 Å². The number of hydrogen-bond donors (Lipinski definition) is 0. The van der Waals surface area contributed by atoms with Crippen molar-refractivity contribution in [3.63, 3.8) is 0 Å². The molecule has 0 spiro atoms. The van der Waals surface area contributed by atoms with Crippen LogP contribution in [0, 0.1) is 11.8 Å². The van der Waals surface area contributed by atoms with Gasteiger partial charge in [0.05, 0.1) is 19.1 Å². The fraction of sp³-hybridized carbons (Fsp3) is 0.579. The third-order valence-electron chi connectivity index (χ3n) is 5.01. The second kappa shape index (κ2) is 7.79. The van der Waals surface area contributed by atoms with Gasteiger partial charge in [0.25, 0.3) is 0 Å². The van der Waals surface area contributed by atoms with Crippen molar-refractivity contribution in [2.45, 2.75) is 26.4 Å². The van der Waals surface area contributed by atoms with Crippen molar-refractivity contribution >= 4 is 11.8 Å². The van der Waals surface area contributed by atoms with Crippen LogP contribution in [-0.4, -0.2) is 54.4 Å². The third kappa shape index (κ3) is 3.96. The molecule has 5 heteroatoms. The summed E-state index contributed by atoms with van der Waals surface area (Å²) in [6.07, 6.45) is 1.36. The average molecular weight is 330 g/mol. The number of likely N-dealkylation sites (tertiary alicyclic amines) is 2. The Morgan fingerprint density at radius 2 is 2.04 bits per heavy atom. The van der Waals surface area contributed by atoms with Crippen molar-refractivity contribution in [2.24, 2.45) is 11.8 Å². The summed E-state index contributed by atoms with van der Waals surface area (Å²) in [6, 6.07) is 10.1. The summed E-state index contributed by atoms with van der Waals surface area (Å²) >= 11 is 0. The SMILES string of the molecule is CCN1C[C@@H](C(=O)N2CC[C@@H](COCc3ccccc3)C2)CC1=O. The van der Waals surface area contributed by atoms with Crippen molar-refractivity contribution in [1.82, 2.24) is 9.80 Å². The van der Waals surface area contributed by atoms with Gasteiger partial charge in [-0.2, -0.15) is 0 Å². The summed E-state index contributed by atoms with van der Waals surface area (Å²) in [5.74, 6) is 0.501. The Kier molecular flexibility index (Phi) is 5.51. The van der Waals surface area contributed by atoms with Crippen molar-refractivity contribution in [3.8, 4) is 0 Å². The Hall–Kier alpha value is -1.88. The number of rotatable bonds is 6. The van der Waals surface area contributed by atoms with E-state index in [2.05, 4.69) is 12.1 Å². The largest absolute Gasteiger partial charge is 0.376 e. The molecule has 3 rings (SSSR count). The van der Waals surface area contributed by atoms with Crippen LogP contribution in [0.5, 0.6) is 0 Å². The molecule has 2 saturated heterocycles. The van der Waals surface area contributed by atoms with Gasteiger partial charge in [-0.15, -0.1) is 0 Å². The molecule has 0 unspecified atom stereocenters. The van der Waals surface area contributed by atoms with Crippen LogP contribution in [0.1, 0.15) is 25.3 Å². The van der Waals surface area contributed by atoms with E-state index in [1.807, 2.05) is 30.0 Å². The lowest BCUT2D eigenvalue weighted by molar-refractivity contribution is -0.135. The lowest BCUT2D eigenvalue weighted by Crippen LogP contribution is -2.36. The van der Waals surface area contributed by atoms with E-state index in [0.29, 0.717) is 38.6 Å². The van der Waals surface area contributed by atoms with Gasteiger partial charge in [0.1, 0.15) is 0 Å². The average Bonchev–Trinajstić information content (AvgIpc) is 3.22. The van der Waals surface area contributed by atoms with Crippen LogP contribution in [-0.2, 0) is 20.9 Å². The highest BCUT2D eigenvalue weighted by Crippen LogP contribution is 2.24. The number of nitrogens with zero attached hydrogens (tertiary/aromatic N) is 2. The summed E-state index contributed by atoms with van der Waals surface area (Å²) < 4.78 is 5.81. The van der Waals surface area contributed by atoms with Crippen LogP contribution in [0.25, 0.3) is 0 Å². The van der Waals surface area contributed by atoms with Crippen LogP contribution >= 0.6 is 0 Å². The number of carbonyl (C=O) groups is 2. The van der Waals surface area contributed by atoms with E-state index in [4.69, 9.17) is 4.74 Å². The van der Waals surface area contributed by atoms with Gasteiger partial charge in [-0.3, -0.25) is 9.59 Å². The highest BCUT2D eigenvalue weighted by molar-refractivity contribution is 5.89. The van der Waals surface area contributed by atoms with E-state index in [0.717, 1.165) is 19.5 Å². The molecule has 0 N–H and O–H groups in total. The normalized spacial score (nSPS) is 24.0. The minimum absolute atomic E-state index is 0.109. The first-order valence-corrected chi connectivity index (χ1v) is 8.85. The second-order valence-corrected chi connectivity index (χ2v) is 6.77. The molecule has 0 bridgehead atoms. The molecular weight excluding hydrogens is 304 g/mol. The number of carbonyl (C=O) groups excluding carboxylic acids is 2. The molecule has 130 valence electrons. The van der Waals surface area contributed by atoms with E-state index < -0.39 is 0 Å². The van der Waals surface area contributed by atoms with E-state index in [9.17, 15) is 9.59 Å². The number of amides is 2. The van der Waals surface area contributed by atoms with Gasteiger partial charge in [0.2, 0.25) is 11.8 Å². The van der Waals surface area contributed by atoms with Crippen molar-refractivity contribution in [3.05, 3.63) is 35.9 Å². The molecule has 0 aliphatic carbocycles. The quantitative estimate of drug-likeness (QED) is 0.801. The second-order valence-electron chi connectivity index (χ2n) is 6.77. The predicted octanol–water partition coefficient (Wildman–Crippen LogP) is 1.92. The Bertz CT molecular complexity index is 575. The number of hydrogen-bond acceptors (Lipinski definition) is 3. The van der Waals surface area contributed by atoms with Gasteiger partial charge >= 0.3 is 0 Å². The van der Waals surface area contributed by atoms with Gasteiger partial charge in [0, 0.05) is 38.5 Å². The first-order chi connectivity index (χ1) is 11.7. The lowest BCUT2D eigenvalue weighted by atomic mass is 10.1. The van der Waals surface area contributed by atoms with E-state index in [1.54, 1.807) is 4.90 Å². The van der Waals surface area contributed by atoms with Crippen LogP contribution in [0.15, 0.2) is 30.3 Å². The molecule has 5 nitrogen and oxygen atoms in total. The Morgan fingerprint density at radius 3 is 2.75 bits per heavy atom. The maximum absolute atomic E-state index is 12.6. The fourth-order valence-electron chi connectivity index (χ4n) is 3.59. The Balaban J connectivity index is 1.42. The Labute approximate surface area is 143 Å². The zero-order chi connectivity index (χ0) is 16.9. The predicted molar refractivity (Wildman–Crippen MR) is 91.1 cm³/mol. The standard InChI is InChI=1S/C19H26N2O3/c1-2-20-12-17(10-18(20)22)19(23)21-9-8-16(11-21)14-24-13-15-6-4-3-5-7-15/h3-7,16-17H,2,8-14H2,1H3/t16-,17+/m1/s1. The van der Waals surface area contributed by atoms with Gasteiger partial charge in [0.15, 0.2) is 0 Å². The Morgan fingerprint density at radius 1 is 1.25 bits per heavy atom. The molecular formula is C19H26N2O3. The highest BCUT2D eigenvalue weighted by atomic mass is 16.5. The first kappa shape index (κ1) is 17.0. The molecule has 2 aliphatic rings. The monoisotopic (exact) mass is 330 g/mol. The van der Waals surface area contributed by atoms with Gasteiger partial charge in [-0.05, 0) is 18.9 Å². The molecule has 2 fully saturated rings. The van der Waals surface area contributed by atoms with E-state index in [1.165, 1.54) is 5.56 Å². The summed E-state index contributed by atoms with van der Waals surface area (Å²) in [5.41, 5.74) is 1.17. The maximum atomic E-state index is 12.6.